The first-order valence-electron chi connectivity index (χ1n) is 9.97. The SMILES string of the molecule is NCCN(CCc1ccccc1)C(=O)CN(Cc1cccnc1)c1ccccc1. The summed E-state index contributed by atoms with van der Waals surface area (Å²) in [5, 5.41) is 0. The molecule has 0 aliphatic heterocycles. The van der Waals surface area contributed by atoms with E-state index in [0.717, 1.165) is 17.7 Å². The van der Waals surface area contributed by atoms with Gasteiger partial charge in [-0.2, -0.15) is 0 Å². The molecule has 0 spiro atoms. The van der Waals surface area contributed by atoms with Crippen LogP contribution in [-0.2, 0) is 17.8 Å². The fourth-order valence-electron chi connectivity index (χ4n) is 3.28. The van der Waals surface area contributed by atoms with E-state index in [2.05, 4.69) is 22.0 Å². The third-order valence-electron chi connectivity index (χ3n) is 4.81. The Morgan fingerprint density at radius 2 is 1.55 bits per heavy atom. The Morgan fingerprint density at radius 1 is 0.862 bits per heavy atom. The van der Waals surface area contributed by atoms with E-state index in [-0.39, 0.29) is 5.91 Å². The number of hydrogen-bond acceptors (Lipinski definition) is 4. The zero-order valence-electron chi connectivity index (χ0n) is 16.7. The van der Waals surface area contributed by atoms with Crippen LogP contribution in [0.5, 0.6) is 0 Å². The minimum atomic E-state index is 0.0825. The van der Waals surface area contributed by atoms with E-state index in [1.165, 1.54) is 5.56 Å². The average molecular weight is 389 g/mol. The van der Waals surface area contributed by atoms with Gasteiger partial charge >= 0.3 is 0 Å². The molecule has 0 aliphatic carbocycles. The van der Waals surface area contributed by atoms with Crippen molar-refractivity contribution in [3.63, 3.8) is 0 Å². The van der Waals surface area contributed by atoms with Gasteiger partial charge in [0, 0.05) is 44.3 Å². The minimum absolute atomic E-state index is 0.0825. The lowest BCUT2D eigenvalue weighted by Crippen LogP contribution is -2.43. The highest BCUT2D eigenvalue weighted by Crippen LogP contribution is 2.17. The van der Waals surface area contributed by atoms with E-state index in [1.807, 2.05) is 71.8 Å². The van der Waals surface area contributed by atoms with Crippen molar-refractivity contribution in [3.05, 3.63) is 96.3 Å². The van der Waals surface area contributed by atoms with Crippen molar-refractivity contribution >= 4 is 11.6 Å². The van der Waals surface area contributed by atoms with E-state index in [4.69, 9.17) is 5.73 Å². The lowest BCUT2D eigenvalue weighted by Gasteiger charge is -2.29. The first kappa shape index (κ1) is 20.6. The van der Waals surface area contributed by atoms with E-state index in [1.54, 1.807) is 6.20 Å². The third kappa shape index (κ3) is 6.43. The first-order valence-corrected chi connectivity index (χ1v) is 9.97. The molecule has 3 rings (SSSR count). The number of pyridine rings is 1. The topological polar surface area (TPSA) is 62.5 Å². The van der Waals surface area contributed by atoms with Crippen molar-refractivity contribution in [2.45, 2.75) is 13.0 Å². The molecule has 1 aromatic heterocycles. The number of carbonyl (C=O) groups is 1. The summed E-state index contributed by atoms with van der Waals surface area (Å²) in [7, 11) is 0. The van der Waals surface area contributed by atoms with Crippen LogP contribution in [-0.4, -0.2) is 42.0 Å². The lowest BCUT2D eigenvalue weighted by atomic mass is 10.1. The van der Waals surface area contributed by atoms with Gasteiger partial charge in [-0.15, -0.1) is 0 Å². The molecule has 0 unspecified atom stereocenters. The van der Waals surface area contributed by atoms with Gasteiger partial charge in [-0.25, -0.2) is 0 Å². The van der Waals surface area contributed by atoms with Crippen LogP contribution in [0.1, 0.15) is 11.1 Å². The molecule has 5 nitrogen and oxygen atoms in total. The second-order valence-corrected chi connectivity index (χ2v) is 6.96. The zero-order valence-corrected chi connectivity index (χ0v) is 16.7. The molecule has 5 heteroatoms. The van der Waals surface area contributed by atoms with Crippen LogP contribution in [0.15, 0.2) is 85.2 Å². The molecule has 0 radical (unpaired) electrons. The summed E-state index contributed by atoms with van der Waals surface area (Å²) in [6.07, 6.45) is 4.42. The number of rotatable bonds is 10. The smallest absolute Gasteiger partial charge is 0.242 e. The first-order chi connectivity index (χ1) is 14.3. The summed E-state index contributed by atoms with van der Waals surface area (Å²) in [6.45, 7) is 2.59. The predicted molar refractivity (Wildman–Crippen MR) is 118 cm³/mol. The lowest BCUT2D eigenvalue weighted by molar-refractivity contribution is -0.129. The summed E-state index contributed by atoms with van der Waals surface area (Å²) in [6, 6.07) is 24.2. The van der Waals surface area contributed by atoms with Gasteiger partial charge in [0.2, 0.25) is 5.91 Å². The Morgan fingerprint density at radius 3 is 2.21 bits per heavy atom. The molecular formula is C24H28N4O. The van der Waals surface area contributed by atoms with Crippen LogP contribution in [0.3, 0.4) is 0 Å². The molecule has 0 bridgehead atoms. The Balaban J connectivity index is 1.70. The van der Waals surface area contributed by atoms with Crippen molar-refractivity contribution in [3.8, 4) is 0 Å². The predicted octanol–water partition coefficient (Wildman–Crippen LogP) is 3.12. The molecule has 0 atom stereocenters. The van der Waals surface area contributed by atoms with Crippen LogP contribution in [0.2, 0.25) is 0 Å². The zero-order chi connectivity index (χ0) is 20.3. The van der Waals surface area contributed by atoms with E-state index < -0.39 is 0 Å². The molecule has 0 saturated heterocycles. The molecule has 150 valence electrons. The molecule has 0 aliphatic rings. The Bertz CT molecular complexity index is 856. The maximum absolute atomic E-state index is 13.1. The quantitative estimate of drug-likeness (QED) is 0.580. The van der Waals surface area contributed by atoms with Gasteiger partial charge in [-0.1, -0.05) is 54.6 Å². The highest BCUT2D eigenvalue weighted by Gasteiger charge is 2.18. The van der Waals surface area contributed by atoms with Crippen LogP contribution < -0.4 is 10.6 Å². The van der Waals surface area contributed by atoms with Gasteiger partial charge in [-0.05, 0) is 35.7 Å². The van der Waals surface area contributed by atoms with Crippen LogP contribution in [0, 0.1) is 0 Å². The van der Waals surface area contributed by atoms with Crippen LogP contribution in [0.4, 0.5) is 5.69 Å². The minimum Gasteiger partial charge on any atom is -0.358 e. The second kappa shape index (κ2) is 11.0. The van der Waals surface area contributed by atoms with E-state index in [9.17, 15) is 4.79 Å². The largest absolute Gasteiger partial charge is 0.358 e. The van der Waals surface area contributed by atoms with Gasteiger partial charge in [0.05, 0.1) is 6.54 Å². The molecule has 0 saturated carbocycles. The van der Waals surface area contributed by atoms with E-state index >= 15 is 0 Å². The molecule has 2 N–H and O–H groups in total. The number of nitrogens with zero attached hydrogens (tertiary/aromatic N) is 3. The van der Waals surface area contributed by atoms with Crippen molar-refractivity contribution in [1.29, 1.82) is 0 Å². The average Bonchev–Trinajstić information content (AvgIpc) is 2.78. The van der Waals surface area contributed by atoms with Crippen molar-refractivity contribution in [1.82, 2.24) is 9.88 Å². The number of benzene rings is 2. The van der Waals surface area contributed by atoms with Gasteiger partial charge in [-0.3, -0.25) is 9.78 Å². The number of nitrogens with two attached hydrogens (primary N) is 1. The van der Waals surface area contributed by atoms with Crippen molar-refractivity contribution in [2.75, 3.05) is 31.1 Å². The molecule has 1 heterocycles. The number of amides is 1. The van der Waals surface area contributed by atoms with Crippen LogP contribution >= 0.6 is 0 Å². The Kier molecular flexibility index (Phi) is 7.78. The summed E-state index contributed by atoms with van der Waals surface area (Å²) < 4.78 is 0. The van der Waals surface area contributed by atoms with Gasteiger partial charge in [0.25, 0.3) is 0 Å². The second-order valence-electron chi connectivity index (χ2n) is 6.96. The molecule has 0 fully saturated rings. The van der Waals surface area contributed by atoms with Gasteiger partial charge in [0.15, 0.2) is 0 Å². The molecule has 1 amide bonds. The summed E-state index contributed by atoms with van der Waals surface area (Å²) in [5.41, 5.74) is 9.09. The number of para-hydroxylation sites is 1. The van der Waals surface area contributed by atoms with Crippen LogP contribution in [0.25, 0.3) is 0 Å². The fraction of sp³-hybridized carbons (Fsp3) is 0.250. The summed E-state index contributed by atoms with van der Waals surface area (Å²) >= 11 is 0. The molecule has 2 aromatic carbocycles. The summed E-state index contributed by atoms with van der Waals surface area (Å²) in [5.74, 6) is 0.0825. The fourth-order valence-corrected chi connectivity index (χ4v) is 3.28. The van der Waals surface area contributed by atoms with Crippen molar-refractivity contribution < 1.29 is 4.79 Å². The Hall–Kier alpha value is -3.18. The standard InChI is InChI=1S/C24H28N4O/c25-14-17-27(16-13-21-8-3-1-4-9-21)24(29)20-28(23-11-5-2-6-12-23)19-22-10-7-15-26-18-22/h1-12,15,18H,13-14,16-17,19-20,25H2. The Labute approximate surface area is 172 Å². The monoisotopic (exact) mass is 388 g/mol. The van der Waals surface area contributed by atoms with Gasteiger partial charge in [0.1, 0.15) is 0 Å². The number of anilines is 1. The third-order valence-corrected chi connectivity index (χ3v) is 4.81. The summed E-state index contributed by atoms with van der Waals surface area (Å²) in [4.78, 5) is 21.3. The van der Waals surface area contributed by atoms with Gasteiger partial charge < -0.3 is 15.5 Å². The normalized spacial score (nSPS) is 10.5. The molecular weight excluding hydrogens is 360 g/mol. The highest BCUT2D eigenvalue weighted by molar-refractivity contribution is 5.81. The number of aromatic nitrogens is 1. The van der Waals surface area contributed by atoms with Crippen molar-refractivity contribution in [2.24, 2.45) is 5.73 Å². The maximum atomic E-state index is 13.1. The molecule has 3 aromatic rings. The maximum Gasteiger partial charge on any atom is 0.242 e. The molecule has 29 heavy (non-hydrogen) atoms. The number of carbonyl (C=O) groups excluding carboxylic acids is 1. The van der Waals surface area contributed by atoms with E-state index in [0.29, 0.717) is 32.7 Å². The number of hydrogen-bond donors (Lipinski definition) is 1. The highest BCUT2D eigenvalue weighted by atomic mass is 16.2.